The van der Waals surface area contributed by atoms with Gasteiger partial charge in [0.05, 0.1) is 29.0 Å². The zero-order chi connectivity index (χ0) is 32.8. The van der Waals surface area contributed by atoms with Gasteiger partial charge in [-0.15, -0.1) is 0 Å². The molecule has 3 heteroatoms. The number of anilines is 3. The molecular weight excluding hydrogens is 595 g/mol. The molecule has 9 rings (SSSR count). The van der Waals surface area contributed by atoms with Gasteiger partial charge in [0.15, 0.2) is 0 Å². The summed E-state index contributed by atoms with van der Waals surface area (Å²) in [4.78, 5) is 7.85. The standard InChI is InChI=1S/C46H37N3/c47-30-33-27-28-38-37(29-33)44-36(45(34-17-6-2-7-18-34)48-31-32-15-4-1-5-16-32)21-14-24-41(44)46(38)39-22-10-12-25-42(39)49(35-19-8-3-9-20-35)43-26-13-11-23-40(43)46/h1-26,29H,27-28,30-31,47H2. The normalized spacial score (nSPS) is 15.7. The molecule has 3 nitrogen and oxygen atoms in total. The van der Waals surface area contributed by atoms with Crippen molar-refractivity contribution in [2.24, 2.45) is 10.7 Å². The third-order valence-corrected chi connectivity index (χ3v) is 10.5. The second-order valence-corrected chi connectivity index (χ2v) is 13.1. The van der Waals surface area contributed by atoms with Gasteiger partial charge in [-0.2, -0.15) is 0 Å². The molecule has 0 bridgehead atoms. The Bertz CT molecular complexity index is 2230. The lowest BCUT2D eigenvalue weighted by Gasteiger charge is -2.46. The number of para-hydroxylation sites is 3. The minimum Gasteiger partial charge on any atom is -0.327 e. The first-order chi connectivity index (χ1) is 24.3. The average molecular weight is 632 g/mol. The van der Waals surface area contributed by atoms with Gasteiger partial charge in [0.25, 0.3) is 0 Å². The van der Waals surface area contributed by atoms with Crippen LogP contribution < -0.4 is 10.6 Å². The van der Waals surface area contributed by atoms with Crippen LogP contribution in [0.15, 0.2) is 180 Å². The molecule has 6 aromatic rings. The van der Waals surface area contributed by atoms with Crippen molar-refractivity contribution >= 4 is 28.3 Å². The molecule has 0 radical (unpaired) electrons. The Balaban J connectivity index is 1.36. The molecule has 2 N–H and O–H groups in total. The van der Waals surface area contributed by atoms with E-state index in [4.69, 9.17) is 10.7 Å². The van der Waals surface area contributed by atoms with Gasteiger partial charge in [-0.1, -0.05) is 145 Å². The summed E-state index contributed by atoms with van der Waals surface area (Å²) >= 11 is 0. The van der Waals surface area contributed by atoms with E-state index in [1.165, 1.54) is 61.5 Å². The lowest BCUT2D eigenvalue weighted by Crippen LogP contribution is -2.37. The number of aliphatic imine (C=N–C) groups is 1. The lowest BCUT2D eigenvalue weighted by molar-refractivity contribution is 0.678. The van der Waals surface area contributed by atoms with Crippen molar-refractivity contribution in [2.45, 2.75) is 24.8 Å². The predicted molar refractivity (Wildman–Crippen MR) is 203 cm³/mol. The second-order valence-electron chi connectivity index (χ2n) is 13.1. The van der Waals surface area contributed by atoms with Gasteiger partial charge in [-0.3, -0.25) is 4.99 Å². The van der Waals surface area contributed by atoms with Gasteiger partial charge < -0.3 is 10.6 Å². The van der Waals surface area contributed by atoms with E-state index < -0.39 is 5.41 Å². The molecule has 49 heavy (non-hydrogen) atoms. The third kappa shape index (κ3) is 4.57. The van der Waals surface area contributed by atoms with Crippen LogP contribution >= 0.6 is 0 Å². The lowest BCUT2D eigenvalue weighted by atomic mass is 9.62. The van der Waals surface area contributed by atoms with E-state index in [0.717, 1.165) is 29.8 Å². The van der Waals surface area contributed by atoms with Crippen LogP contribution in [0.3, 0.4) is 0 Å². The van der Waals surface area contributed by atoms with Crippen molar-refractivity contribution in [1.82, 2.24) is 0 Å². The minimum atomic E-state index is -0.461. The predicted octanol–water partition coefficient (Wildman–Crippen LogP) is 10.3. The highest BCUT2D eigenvalue weighted by Gasteiger charge is 2.53. The fourth-order valence-electron chi connectivity index (χ4n) is 8.47. The van der Waals surface area contributed by atoms with Gasteiger partial charge in [0.2, 0.25) is 0 Å². The SMILES string of the molecule is NCC1=CC2=C(CC1)C1(c3ccccc3N(c3ccccc3)c3ccccc31)c1cccc(C(=NCc3ccccc3)c3ccccc3)c12. The Hall–Kier alpha value is -5.77. The fraction of sp³-hybridized carbons (Fsp3) is 0.109. The van der Waals surface area contributed by atoms with Gasteiger partial charge in [-0.25, -0.2) is 0 Å². The maximum atomic E-state index is 6.39. The Morgan fingerprint density at radius 3 is 1.88 bits per heavy atom. The summed E-state index contributed by atoms with van der Waals surface area (Å²) in [5, 5.41) is 0. The number of hydrogen-bond donors (Lipinski definition) is 1. The number of fused-ring (bicyclic) bond motifs is 8. The summed E-state index contributed by atoms with van der Waals surface area (Å²) in [6, 6.07) is 57.0. The van der Waals surface area contributed by atoms with Crippen molar-refractivity contribution in [3.05, 3.63) is 214 Å². The molecule has 0 saturated heterocycles. The number of benzene rings is 6. The highest BCUT2D eigenvalue weighted by Crippen LogP contribution is 2.64. The van der Waals surface area contributed by atoms with Crippen LogP contribution in [0.5, 0.6) is 0 Å². The topological polar surface area (TPSA) is 41.6 Å². The van der Waals surface area contributed by atoms with E-state index in [1.54, 1.807) is 0 Å². The molecule has 6 aromatic carbocycles. The first-order valence-corrected chi connectivity index (χ1v) is 17.2. The molecule has 1 spiro atoms. The zero-order valence-corrected chi connectivity index (χ0v) is 27.4. The summed E-state index contributed by atoms with van der Waals surface area (Å²) in [5.41, 5.74) is 23.3. The summed E-state index contributed by atoms with van der Waals surface area (Å²) in [7, 11) is 0. The molecule has 3 aliphatic rings. The number of nitrogens with two attached hydrogens (primary N) is 1. The molecule has 0 amide bonds. The van der Waals surface area contributed by atoms with Crippen molar-refractivity contribution < 1.29 is 0 Å². The molecule has 1 aliphatic heterocycles. The van der Waals surface area contributed by atoms with Crippen molar-refractivity contribution in [3.63, 3.8) is 0 Å². The number of nitrogens with zero attached hydrogens (tertiary/aromatic N) is 2. The Morgan fingerprint density at radius 1 is 0.612 bits per heavy atom. The van der Waals surface area contributed by atoms with Gasteiger partial charge in [0.1, 0.15) is 0 Å². The molecule has 236 valence electrons. The summed E-state index contributed by atoms with van der Waals surface area (Å²) in [6.07, 6.45) is 4.31. The molecule has 0 fully saturated rings. The zero-order valence-electron chi connectivity index (χ0n) is 27.4. The van der Waals surface area contributed by atoms with Crippen molar-refractivity contribution in [3.8, 4) is 0 Å². The highest BCUT2D eigenvalue weighted by atomic mass is 15.2. The van der Waals surface area contributed by atoms with Crippen LogP contribution in [0.1, 0.15) is 51.8 Å². The second kappa shape index (κ2) is 12.0. The molecule has 1 heterocycles. The quantitative estimate of drug-likeness (QED) is 0.186. The number of allylic oxidation sites excluding steroid dienone is 3. The van der Waals surface area contributed by atoms with Crippen LogP contribution in [-0.4, -0.2) is 12.3 Å². The number of rotatable bonds is 6. The summed E-state index contributed by atoms with van der Waals surface area (Å²) < 4.78 is 0. The maximum absolute atomic E-state index is 6.39. The Labute approximate surface area is 288 Å². The van der Waals surface area contributed by atoms with E-state index >= 15 is 0 Å². The van der Waals surface area contributed by atoms with Crippen LogP contribution in [0.2, 0.25) is 0 Å². The van der Waals surface area contributed by atoms with Crippen LogP contribution in [0, 0.1) is 0 Å². The molecule has 0 atom stereocenters. The largest absolute Gasteiger partial charge is 0.327 e. The van der Waals surface area contributed by atoms with Crippen LogP contribution in [0.4, 0.5) is 17.1 Å². The van der Waals surface area contributed by atoms with E-state index in [2.05, 4.69) is 169 Å². The van der Waals surface area contributed by atoms with E-state index in [9.17, 15) is 0 Å². The van der Waals surface area contributed by atoms with Crippen LogP contribution in [0.25, 0.3) is 5.57 Å². The maximum Gasteiger partial charge on any atom is 0.0729 e. The van der Waals surface area contributed by atoms with E-state index in [-0.39, 0.29) is 0 Å². The van der Waals surface area contributed by atoms with Gasteiger partial charge in [-0.05, 0) is 76.1 Å². The number of hydrogen-bond acceptors (Lipinski definition) is 3. The molecule has 0 aromatic heterocycles. The van der Waals surface area contributed by atoms with Crippen LogP contribution in [-0.2, 0) is 12.0 Å². The monoisotopic (exact) mass is 631 g/mol. The first-order valence-electron chi connectivity index (χ1n) is 17.2. The molecule has 0 unspecified atom stereocenters. The van der Waals surface area contributed by atoms with Crippen molar-refractivity contribution in [2.75, 3.05) is 11.4 Å². The van der Waals surface area contributed by atoms with Gasteiger partial charge >= 0.3 is 0 Å². The van der Waals surface area contributed by atoms with Crippen molar-refractivity contribution in [1.29, 1.82) is 0 Å². The molecule has 2 aliphatic carbocycles. The third-order valence-electron chi connectivity index (χ3n) is 10.5. The van der Waals surface area contributed by atoms with E-state index in [0.29, 0.717) is 13.1 Å². The summed E-state index contributed by atoms with van der Waals surface area (Å²) in [5.74, 6) is 0. The smallest absolute Gasteiger partial charge is 0.0729 e. The van der Waals surface area contributed by atoms with E-state index in [1.807, 2.05) is 0 Å². The molecule has 0 saturated carbocycles. The fourth-order valence-corrected chi connectivity index (χ4v) is 8.47. The Kier molecular flexibility index (Phi) is 7.22. The highest BCUT2D eigenvalue weighted by molar-refractivity contribution is 6.17. The van der Waals surface area contributed by atoms with Gasteiger partial charge in [0, 0.05) is 23.4 Å². The Morgan fingerprint density at radius 2 is 1.20 bits per heavy atom. The minimum absolute atomic E-state index is 0.461. The molecular formula is C46H37N3. The summed E-state index contributed by atoms with van der Waals surface area (Å²) in [6.45, 7) is 1.16. The average Bonchev–Trinajstić information content (AvgIpc) is 3.47. The first kappa shape index (κ1) is 29.4.